The van der Waals surface area contributed by atoms with Gasteiger partial charge < -0.3 is 20.1 Å². The van der Waals surface area contributed by atoms with E-state index in [0.717, 1.165) is 30.8 Å². The Labute approximate surface area is 177 Å². The summed E-state index contributed by atoms with van der Waals surface area (Å²) in [5.74, 6) is 0.0952. The smallest absolute Gasteiger partial charge is 0.259 e. The third-order valence-electron chi connectivity index (χ3n) is 5.01. The van der Waals surface area contributed by atoms with Crippen LogP contribution in [0.4, 0.5) is 5.69 Å². The van der Waals surface area contributed by atoms with Crippen LogP contribution >= 0.6 is 0 Å². The molecule has 0 saturated heterocycles. The number of anilines is 1. The van der Waals surface area contributed by atoms with E-state index < -0.39 is 0 Å². The van der Waals surface area contributed by atoms with Crippen LogP contribution in [0.2, 0.25) is 0 Å². The number of aromatic hydroxyl groups is 1. The summed E-state index contributed by atoms with van der Waals surface area (Å²) >= 11 is 0. The van der Waals surface area contributed by atoms with E-state index in [-0.39, 0.29) is 17.2 Å². The molecular weight excluding hydrogens is 376 g/mol. The summed E-state index contributed by atoms with van der Waals surface area (Å²) in [5.41, 5.74) is 2.92. The van der Waals surface area contributed by atoms with Crippen LogP contribution in [0.1, 0.15) is 24.2 Å². The van der Waals surface area contributed by atoms with E-state index in [4.69, 9.17) is 4.74 Å². The van der Waals surface area contributed by atoms with Crippen LogP contribution < -0.4 is 10.1 Å². The van der Waals surface area contributed by atoms with Crippen LogP contribution in [0.3, 0.4) is 0 Å². The lowest BCUT2D eigenvalue weighted by molar-refractivity contribution is 0.102. The number of carbonyl (C=O) groups excluding carboxylic acids is 1. The molecule has 3 aromatic carbocycles. The highest BCUT2D eigenvalue weighted by Crippen LogP contribution is 2.26. The summed E-state index contributed by atoms with van der Waals surface area (Å²) in [4.78, 5) is 15.0. The van der Waals surface area contributed by atoms with Gasteiger partial charge in [0.15, 0.2) is 0 Å². The zero-order valence-corrected chi connectivity index (χ0v) is 17.5. The molecule has 5 heteroatoms. The molecule has 0 aliphatic carbocycles. The summed E-state index contributed by atoms with van der Waals surface area (Å²) in [6, 6.07) is 22.3. The number of ether oxygens (including phenoxy) is 1. The Bertz CT molecular complexity index is 969. The van der Waals surface area contributed by atoms with E-state index >= 15 is 0 Å². The normalized spacial score (nSPS) is 10.8. The second-order valence-corrected chi connectivity index (χ2v) is 6.96. The molecule has 0 aliphatic heterocycles. The quantitative estimate of drug-likeness (QED) is 0.525. The summed E-state index contributed by atoms with van der Waals surface area (Å²) in [7, 11) is 0. The van der Waals surface area contributed by atoms with Crippen molar-refractivity contribution in [2.45, 2.75) is 13.8 Å². The zero-order chi connectivity index (χ0) is 21.3. The minimum Gasteiger partial charge on any atom is -0.507 e. The first kappa shape index (κ1) is 21.4. The fourth-order valence-corrected chi connectivity index (χ4v) is 3.22. The number of benzene rings is 3. The SMILES string of the molecule is CCN(CC)CCOc1ccc(O)c(C(=O)Nc2cccc(-c3ccccc3)c2)c1. The molecule has 0 bridgehead atoms. The Morgan fingerprint density at radius 2 is 1.67 bits per heavy atom. The number of likely N-dealkylation sites (N-methyl/N-ethyl adjacent to an activating group) is 1. The van der Waals surface area contributed by atoms with Crippen LogP contribution in [-0.4, -0.2) is 42.2 Å². The molecular formula is C25H28N2O3. The number of amides is 1. The van der Waals surface area contributed by atoms with Crippen molar-refractivity contribution < 1.29 is 14.6 Å². The first-order chi connectivity index (χ1) is 14.6. The van der Waals surface area contributed by atoms with Gasteiger partial charge >= 0.3 is 0 Å². The minimum atomic E-state index is -0.382. The molecule has 156 valence electrons. The van der Waals surface area contributed by atoms with Crippen molar-refractivity contribution >= 4 is 11.6 Å². The summed E-state index contributed by atoms with van der Waals surface area (Å²) in [6.07, 6.45) is 0. The largest absolute Gasteiger partial charge is 0.507 e. The van der Waals surface area contributed by atoms with Gasteiger partial charge in [0.05, 0.1) is 5.56 Å². The van der Waals surface area contributed by atoms with Gasteiger partial charge in [-0.25, -0.2) is 0 Å². The first-order valence-electron chi connectivity index (χ1n) is 10.3. The molecule has 0 spiro atoms. The average molecular weight is 405 g/mol. The van der Waals surface area contributed by atoms with Crippen molar-refractivity contribution in [1.29, 1.82) is 0 Å². The predicted octanol–water partition coefficient (Wildman–Crippen LogP) is 5.03. The van der Waals surface area contributed by atoms with Crippen molar-refractivity contribution in [2.24, 2.45) is 0 Å². The van der Waals surface area contributed by atoms with Crippen molar-refractivity contribution in [3.63, 3.8) is 0 Å². The molecule has 3 aromatic rings. The van der Waals surface area contributed by atoms with Crippen molar-refractivity contribution in [3.05, 3.63) is 78.4 Å². The van der Waals surface area contributed by atoms with E-state index in [2.05, 4.69) is 24.1 Å². The molecule has 0 fully saturated rings. The number of carbonyl (C=O) groups is 1. The van der Waals surface area contributed by atoms with E-state index in [9.17, 15) is 9.90 Å². The highest BCUT2D eigenvalue weighted by molar-refractivity contribution is 6.06. The summed E-state index contributed by atoms with van der Waals surface area (Å²) < 4.78 is 5.78. The zero-order valence-electron chi connectivity index (χ0n) is 17.5. The lowest BCUT2D eigenvalue weighted by Crippen LogP contribution is -2.27. The fraction of sp³-hybridized carbons (Fsp3) is 0.240. The molecule has 5 nitrogen and oxygen atoms in total. The Morgan fingerprint density at radius 3 is 2.40 bits per heavy atom. The maximum Gasteiger partial charge on any atom is 0.259 e. The van der Waals surface area contributed by atoms with Crippen LogP contribution in [0.15, 0.2) is 72.8 Å². The number of hydrogen-bond acceptors (Lipinski definition) is 4. The highest BCUT2D eigenvalue weighted by atomic mass is 16.5. The molecule has 0 radical (unpaired) electrons. The molecule has 0 saturated carbocycles. The molecule has 0 unspecified atom stereocenters. The summed E-state index contributed by atoms with van der Waals surface area (Å²) in [6.45, 7) is 7.48. The van der Waals surface area contributed by atoms with E-state index in [1.165, 1.54) is 6.07 Å². The monoisotopic (exact) mass is 404 g/mol. The van der Waals surface area contributed by atoms with Gasteiger partial charge in [-0.15, -0.1) is 0 Å². The highest BCUT2D eigenvalue weighted by Gasteiger charge is 2.13. The van der Waals surface area contributed by atoms with Crippen molar-refractivity contribution in [2.75, 3.05) is 31.6 Å². The van der Waals surface area contributed by atoms with Gasteiger partial charge in [-0.3, -0.25) is 4.79 Å². The third-order valence-corrected chi connectivity index (χ3v) is 5.01. The number of phenols is 1. The molecule has 0 heterocycles. The van der Waals surface area contributed by atoms with E-state index in [1.807, 2.05) is 54.6 Å². The van der Waals surface area contributed by atoms with Gasteiger partial charge in [0, 0.05) is 12.2 Å². The lowest BCUT2D eigenvalue weighted by Gasteiger charge is -2.18. The number of nitrogens with one attached hydrogen (secondary N) is 1. The Morgan fingerprint density at radius 1 is 0.933 bits per heavy atom. The van der Waals surface area contributed by atoms with Gasteiger partial charge in [-0.1, -0.05) is 56.3 Å². The number of nitrogens with zero attached hydrogens (tertiary/aromatic N) is 1. The molecule has 30 heavy (non-hydrogen) atoms. The Balaban J connectivity index is 1.69. The minimum absolute atomic E-state index is 0.0807. The fourth-order valence-electron chi connectivity index (χ4n) is 3.22. The van der Waals surface area contributed by atoms with Crippen molar-refractivity contribution in [1.82, 2.24) is 4.90 Å². The van der Waals surface area contributed by atoms with Crippen LogP contribution in [0.25, 0.3) is 11.1 Å². The van der Waals surface area contributed by atoms with E-state index in [0.29, 0.717) is 18.0 Å². The molecule has 0 aromatic heterocycles. The van der Waals surface area contributed by atoms with Gasteiger partial charge in [0.1, 0.15) is 18.1 Å². The van der Waals surface area contributed by atoms with Gasteiger partial charge in [-0.05, 0) is 54.5 Å². The lowest BCUT2D eigenvalue weighted by atomic mass is 10.1. The number of hydrogen-bond donors (Lipinski definition) is 2. The molecule has 0 aliphatic rings. The average Bonchev–Trinajstić information content (AvgIpc) is 2.78. The maximum atomic E-state index is 12.8. The molecule has 1 amide bonds. The van der Waals surface area contributed by atoms with Gasteiger partial charge in [0.2, 0.25) is 0 Å². The van der Waals surface area contributed by atoms with Gasteiger partial charge in [0.25, 0.3) is 5.91 Å². The van der Waals surface area contributed by atoms with Crippen LogP contribution in [0.5, 0.6) is 11.5 Å². The van der Waals surface area contributed by atoms with Crippen molar-refractivity contribution in [3.8, 4) is 22.6 Å². The topological polar surface area (TPSA) is 61.8 Å². The van der Waals surface area contributed by atoms with Crippen LogP contribution in [0, 0.1) is 0 Å². The predicted molar refractivity (Wildman–Crippen MR) is 121 cm³/mol. The number of phenolic OH excluding ortho intramolecular Hbond substituents is 1. The van der Waals surface area contributed by atoms with Crippen LogP contribution in [-0.2, 0) is 0 Å². The second-order valence-electron chi connectivity index (χ2n) is 6.96. The molecule has 2 N–H and O–H groups in total. The Hall–Kier alpha value is -3.31. The van der Waals surface area contributed by atoms with Gasteiger partial charge in [-0.2, -0.15) is 0 Å². The second kappa shape index (κ2) is 10.5. The Kier molecular flexibility index (Phi) is 7.46. The summed E-state index contributed by atoms with van der Waals surface area (Å²) in [5, 5.41) is 13.0. The van der Waals surface area contributed by atoms with E-state index in [1.54, 1.807) is 12.1 Å². The standard InChI is InChI=1S/C25H28N2O3/c1-3-27(4-2)15-16-30-22-13-14-24(28)23(18-22)25(29)26-21-12-8-11-20(17-21)19-9-6-5-7-10-19/h5-14,17-18,28H,3-4,15-16H2,1-2H3,(H,26,29). The first-order valence-corrected chi connectivity index (χ1v) is 10.3. The third kappa shape index (κ3) is 5.61. The molecule has 3 rings (SSSR count). The number of rotatable bonds is 9. The maximum absolute atomic E-state index is 12.8. The molecule has 0 atom stereocenters.